The first-order chi connectivity index (χ1) is 9.21. The van der Waals surface area contributed by atoms with Crippen molar-refractivity contribution in [2.24, 2.45) is 23.0 Å². The van der Waals surface area contributed by atoms with Gasteiger partial charge in [-0.25, -0.2) is 0 Å². The molecule has 0 spiro atoms. The number of rotatable bonds is 3. The Bertz CT molecular complexity index is 356. The van der Waals surface area contributed by atoms with E-state index < -0.39 is 11.5 Å². The maximum atomic E-state index is 11.2. The Hall–Kier alpha value is -0.610. The van der Waals surface area contributed by atoms with E-state index in [1.165, 1.54) is 25.7 Å². The molecule has 1 aliphatic heterocycles. The zero-order valence-corrected chi connectivity index (χ0v) is 13.2. The van der Waals surface area contributed by atoms with Crippen molar-refractivity contribution in [3.63, 3.8) is 0 Å². The first kappa shape index (κ1) is 15.8. The maximum Gasteiger partial charge on any atom is 0.325 e. The summed E-state index contributed by atoms with van der Waals surface area (Å²) in [5.74, 6) is 0.714. The van der Waals surface area contributed by atoms with Crippen molar-refractivity contribution >= 4 is 5.97 Å². The van der Waals surface area contributed by atoms with Crippen LogP contribution in [0.5, 0.6) is 0 Å². The Balaban J connectivity index is 1.78. The van der Waals surface area contributed by atoms with Crippen LogP contribution in [0.2, 0.25) is 0 Å². The van der Waals surface area contributed by atoms with E-state index in [1.54, 1.807) is 0 Å². The average Bonchev–Trinajstić information content (AvgIpc) is 2.72. The van der Waals surface area contributed by atoms with Crippen LogP contribution in [0, 0.1) is 17.3 Å². The minimum absolute atomic E-state index is 0.425. The Kier molecular flexibility index (Phi) is 4.45. The quantitative estimate of drug-likeness (QED) is 0.833. The third-order valence-corrected chi connectivity index (χ3v) is 5.39. The van der Waals surface area contributed by atoms with Gasteiger partial charge in [-0.1, -0.05) is 20.8 Å². The SMILES string of the molecule is CC(C)(C)C1CCC(CN2CCC(N)(C(=O)O)C2)CC1. The fourth-order valence-electron chi connectivity index (χ4n) is 3.82. The lowest BCUT2D eigenvalue weighted by molar-refractivity contribution is -0.142. The van der Waals surface area contributed by atoms with Gasteiger partial charge in [0, 0.05) is 19.6 Å². The third-order valence-electron chi connectivity index (χ3n) is 5.39. The van der Waals surface area contributed by atoms with Crippen LogP contribution in [0.1, 0.15) is 52.9 Å². The van der Waals surface area contributed by atoms with E-state index in [1.807, 2.05) is 0 Å². The fraction of sp³-hybridized carbons (Fsp3) is 0.938. The van der Waals surface area contributed by atoms with Gasteiger partial charge < -0.3 is 15.7 Å². The Labute approximate surface area is 122 Å². The lowest BCUT2D eigenvalue weighted by Crippen LogP contribution is -2.50. The van der Waals surface area contributed by atoms with E-state index >= 15 is 0 Å². The van der Waals surface area contributed by atoms with Gasteiger partial charge in [0.25, 0.3) is 0 Å². The summed E-state index contributed by atoms with van der Waals surface area (Å²) in [5, 5.41) is 9.17. The van der Waals surface area contributed by atoms with Gasteiger partial charge in [0.2, 0.25) is 0 Å². The van der Waals surface area contributed by atoms with Crippen LogP contribution >= 0.6 is 0 Å². The molecule has 1 atom stereocenters. The van der Waals surface area contributed by atoms with Gasteiger partial charge >= 0.3 is 5.97 Å². The molecular formula is C16H30N2O2. The molecule has 1 saturated heterocycles. The molecule has 20 heavy (non-hydrogen) atoms. The normalized spacial score (nSPS) is 36.2. The van der Waals surface area contributed by atoms with Gasteiger partial charge in [0.15, 0.2) is 0 Å². The molecule has 2 fully saturated rings. The van der Waals surface area contributed by atoms with Crippen LogP contribution in [0.15, 0.2) is 0 Å². The summed E-state index contributed by atoms with van der Waals surface area (Å²) in [4.78, 5) is 13.4. The standard InChI is InChI=1S/C16H30N2O2/c1-15(2,3)13-6-4-12(5-7-13)10-18-9-8-16(17,11-18)14(19)20/h12-13H,4-11,17H2,1-3H3,(H,19,20). The smallest absolute Gasteiger partial charge is 0.325 e. The predicted octanol–water partition coefficient (Wildman–Crippen LogP) is 2.33. The van der Waals surface area contributed by atoms with Crippen LogP contribution in [0.4, 0.5) is 0 Å². The summed E-state index contributed by atoms with van der Waals surface area (Å²) in [6.45, 7) is 9.41. The van der Waals surface area contributed by atoms with Gasteiger partial charge in [0.1, 0.15) is 5.54 Å². The molecule has 0 aromatic heterocycles. The molecule has 1 aliphatic carbocycles. The van der Waals surface area contributed by atoms with Gasteiger partial charge in [-0.05, 0) is 49.4 Å². The van der Waals surface area contributed by atoms with Crippen molar-refractivity contribution in [2.75, 3.05) is 19.6 Å². The number of hydrogen-bond donors (Lipinski definition) is 2. The van der Waals surface area contributed by atoms with E-state index in [0.717, 1.165) is 24.9 Å². The van der Waals surface area contributed by atoms with E-state index in [2.05, 4.69) is 25.7 Å². The minimum Gasteiger partial charge on any atom is -0.480 e. The predicted molar refractivity (Wildman–Crippen MR) is 80.5 cm³/mol. The van der Waals surface area contributed by atoms with Crippen LogP contribution in [0.25, 0.3) is 0 Å². The van der Waals surface area contributed by atoms with Crippen LogP contribution < -0.4 is 5.73 Å². The number of carboxylic acid groups (broad SMARTS) is 1. The molecule has 116 valence electrons. The van der Waals surface area contributed by atoms with E-state index in [9.17, 15) is 4.79 Å². The molecule has 1 heterocycles. The van der Waals surface area contributed by atoms with Gasteiger partial charge in [-0.3, -0.25) is 4.79 Å². The van der Waals surface area contributed by atoms with Crippen LogP contribution in [-0.4, -0.2) is 41.1 Å². The van der Waals surface area contributed by atoms with Crippen molar-refractivity contribution < 1.29 is 9.90 Å². The molecule has 0 amide bonds. The van der Waals surface area contributed by atoms with E-state index in [-0.39, 0.29) is 0 Å². The largest absolute Gasteiger partial charge is 0.480 e. The third kappa shape index (κ3) is 3.53. The fourth-order valence-corrected chi connectivity index (χ4v) is 3.82. The Morgan fingerprint density at radius 3 is 2.35 bits per heavy atom. The summed E-state index contributed by atoms with van der Waals surface area (Å²) in [6, 6.07) is 0. The first-order valence-electron chi connectivity index (χ1n) is 7.95. The Morgan fingerprint density at radius 1 is 1.30 bits per heavy atom. The summed E-state index contributed by atoms with van der Waals surface area (Å²) in [6.07, 6.45) is 5.77. The minimum atomic E-state index is -1.01. The number of hydrogen-bond acceptors (Lipinski definition) is 3. The second-order valence-corrected chi connectivity index (χ2v) is 8.03. The average molecular weight is 282 g/mol. The molecule has 4 heteroatoms. The first-order valence-corrected chi connectivity index (χ1v) is 7.95. The highest BCUT2D eigenvalue weighted by atomic mass is 16.4. The van der Waals surface area contributed by atoms with Crippen molar-refractivity contribution in [2.45, 2.75) is 58.4 Å². The zero-order valence-electron chi connectivity index (χ0n) is 13.2. The Morgan fingerprint density at radius 2 is 1.90 bits per heavy atom. The molecule has 2 rings (SSSR count). The van der Waals surface area contributed by atoms with Crippen LogP contribution in [-0.2, 0) is 4.79 Å². The summed E-state index contributed by atoms with van der Waals surface area (Å²) in [5.41, 5.74) is 5.35. The number of nitrogens with two attached hydrogens (primary N) is 1. The van der Waals surface area contributed by atoms with E-state index in [4.69, 9.17) is 10.8 Å². The summed E-state index contributed by atoms with van der Waals surface area (Å²) in [7, 11) is 0. The number of likely N-dealkylation sites (tertiary alicyclic amines) is 1. The van der Waals surface area contributed by atoms with Crippen molar-refractivity contribution in [3.8, 4) is 0 Å². The number of nitrogens with zero attached hydrogens (tertiary/aromatic N) is 1. The topological polar surface area (TPSA) is 66.6 Å². The monoisotopic (exact) mass is 282 g/mol. The molecule has 4 nitrogen and oxygen atoms in total. The number of carboxylic acids is 1. The van der Waals surface area contributed by atoms with Gasteiger partial charge in [-0.2, -0.15) is 0 Å². The highest BCUT2D eigenvalue weighted by Gasteiger charge is 2.42. The van der Waals surface area contributed by atoms with Crippen molar-refractivity contribution in [3.05, 3.63) is 0 Å². The highest BCUT2D eigenvalue weighted by Crippen LogP contribution is 2.40. The molecule has 1 saturated carbocycles. The molecule has 3 N–H and O–H groups in total. The number of carbonyl (C=O) groups is 1. The molecular weight excluding hydrogens is 252 g/mol. The number of aliphatic carboxylic acids is 1. The van der Waals surface area contributed by atoms with Crippen molar-refractivity contribution in [1.82, 2.24) is 4.90 Å². The maximum absolute atomic E-state index is 11.2. The second-order valence-electron chi connectivity index (χ2n) is 8.03. The molecule has 1 unspecified atom stereocenters. The van der Waals surface area contributed by atoms with E-state index in [0.29, 0.717) is 18.4 Å². The summed E-state index contributed by atoms with van der Waals surface area (Å²) >= 11 is 0. The second kappa shape index (κ2) is 5.64. The lowest BCUT2D eigenvalue weighted by atomic mass is 9.70. The lowest BCUT2D eigenvalue weighted by Gasteiger charge is -2.38. The van der Waals surface area contributed by atoms with Crippen molar-refractivity contribution in [1.29, 1.82) is 0 Å². The molecule has 0 radical (unpaired) electrons. The van der Waals surface area contributed by atoms with Crippen LogP contribution in [0.3, 0.4) is 0 Å². The highest BCUT2D eigenvalue weighted by molar-refractivity contribution is 5.79. The van der Waals surface area contributed by atoms with Gasteiger partial charge in [0.05, 0.1) is 0 Å². The molecule has 0 bridgehead atoms. The van der Waals surface area contributed by atoms with Gasteiger partial charge in [-0.15, -0.1) is 0 Å². The summed E-state index contributed by atoms with van der Waals surface area (Å²) < 4.78 is 0. The zero-order chi connectivity index (χ0) is 15.0. The molecule has 0 aromatic rings. The molecule has 0 aromatic carbocycles. The molecule has 2 aliphatic rings.